The summed E-state index contributed by atoms with van der Waals surface area (Å²) in [6.07, 6.45) is 1.12. The first-order valence-electron chi connectivity index (χ1n) is 6.36. The fourth-order valence-electron chi connectivity index (χ4n) is 2.14. The van der Waals surface area contributed by atoms with E-state index in [1.54, 1.807) is 6.07 Å². The van der Waals surface area contributed by atoms with Crippen molar-refractivity contribution in [2.75, 3.05) is 13.2 Å². The van der Waals surface area contributed by atoms with Crippen molar-refractivity contribution in [3.8, 4) is 11.5 Å². The third-order valence-corrected chi connectivity index (χ3v) is 3.02. The number of nitro groups is 1. The Bertz CT molecular complexity index is 474. The van der Waals surface area contributed by atoms with Crippen LogP contribution in [0.4, 0.5) is 5.69 Å². The van der Waals surface area contributed by atoms with Crippen molar-refractivity contribution in [3.05, 3.63) is 27.8 Å². The van der Waals surface area contributed by atoms with E-state index in [0.717, 1.165) is 6.42 Å². The standard InChI is InChI=1S/C13H17NO5/c1-2-3-10(15)6-9-7-12-13(19-5-4-18-12)8-11(9)14(16)17/h7-8,10,15H,2-6H2,1H3. The maximum atomic E-state index is 11.1. The van der Waals surface area contributed by atoms with E-state index in [2.05, 4.69) is 0 Å². The van der Waals surface area contributed by atoms with Gasteiger partial charge in [-0.2, -0.15) is 0 Å². The van der Waals surface area contributed by atoms with Crippen molar-refractivity contribution in [1.82, 2.24) is 0 Å². The van der Waals surface area contributed by atoms with E-state index >= 15 is 0 Å². The van der Waals surface area contributed by atoms with Crippen molar-refractivity contribution in [1.29, 1.82) is 0 Å². The van der Waals surface area contributed by atoms with Crippen LogP contribution in [0.5, 0.6) is 11.5 Å². The molecule has 0 bridgehead atoms. The molecule has 0 amide bonds. The molecule has 0 aliphatic carbocycles. The lowest BCUT2D eigenvalue weighted by Crippen LogP contribution is -2.17. The molecule has 104 valence electrons. The average molecular weight is 267 g/mol. The SMILES string of the molecule is CCCC(O)Cc1cc2c(cc1[N+](=O)[O-])OCCO2. The van der Waals surface area contributed by atoms with Gasteiger partial charge in [-0.05, 0) is 12.5 Å². The van der Waals surface area contributed by atoms with Gasteiger partial charge < -0.3 is 14.6 Å². The summed E-state index contributed by atoms with van der Waals surface area (Å²) in [5.74, 6) is 0.905. The highest BCUT2D eigenvalue weighted by Gasteiger charge is 2.23. The first-order valence-corrected chi connectivity index (χ1v) is 6.36. The quantitative estimate of drug-likeness (QED) is 0.652. The fourth-order valence-corrected chi connectivity index (χ4v) is 2.14. The number of aliphatic hydroxyl groups excluding tert-OH is 1. The fraction of sp³-hybridized carbons (Fsp3) is 0.538. The zero-order chi connectivity index (χ0) is 13.8. The number of benzene rings is 1. The molecule has 1 unspecified atom stereocenters. The Morgan fingerprint density at radius 1 is 1.37 bits per heavy atom. The molecule has 1 N–H and O–H groups in total. The average Bonchev–Trinajstić information content (AvgIpc) is 2.38. The molecule has 0 fully saturated rings. The van der Waals surface area contributed by atoms with E-state index in [1.165, 1.54) is 6.07 Å². The highest BCUT2D eigenvalue weighted by Crippen LogP contribution is 2.37. The third kappa shape index (κ3) is 3.14. The van der Waals surface area contributed by atoms with Crippen LogP contribution in [0.1, 0.15) is 25.3 Å². The Labute approximate surface area is 111 Å². The lowest BCUT2D eigenvalue weighted by molar-refractivity contribution is -0.385. The second-order valence-electron chi connectivity index (χ2n) is 4.53. The largest absolute Gasteiger partial charge is 0.486 e. The van der Waals surface area contributed by atoms with Crippen molar-refractivity contribution >= 4 is 5.69 Å². The third-order valence-electron chi connectivity index (χ3n) is 3.02. The Morgan fingerprint density at radius 3 is 2.58 bits per heavy atom. The molecule has 0 saturated carbocycles. The Morgan fingerprint density at radius 2 is 2.00 bits per heavy atom. The smallest absolute Gasteiger partial charge is 0.276 e. The van der Waals surface area contributed by atoms with Crippen molar-refractivity contribution < 1.29 is 19.5 Å². The summed E-state index contributed by atoms with van der Waals surface area (Å²) in [6, 6.07) is 2.98. The minimum Gasteiger partial charge on any atom is -0.486 e. The normalized spacial score (nSPS) is 15.1. The predicted octanol–water partition coefficient (Wildman–Crippen LogP) is 2.07. The van der Waals surface area contributed by atoms with Crippen LogP contribution in [0, 0.1) is 10.1 Å². The van der Waals surface area contributed by atoms with Crippen LogP contribution in [0.3, 0.4) is 0 Å². The monoisotopic (exact) mass is 267 g/mol. The van der Waals surface area contributed by atoms with Gasteiger partial charge in [0.25, 0.3) is 5.69 Å². The van der Waals surface area contributed by atoms with E-state index in [4.69, 9.17) is 9.47 Å². The zero-order valence-electron chi connectivity index (χ0n) is 10.8. The van der Waals surface area contributed by atoms with Crippen molar-refractivity contribution in [3.63, 3.8) is 0 Å². The molecule has 1 aromatic carbocycles. The molecule has 2 rings (SSSR count). The van der Waals surface area contributed by atoms with Gasteiger partial charge in [0.1, 0.15) is 13.2 Å². The Kier molecular flexibility index (Phi) is 4.21. The van der Waals surface area contributed by atoms with Gasteiger partial charge in [-0.1, -0.05) is 13.3 Å². The molecule has 0 radical (unpaired) electrons. The van der Waals surface area contributed by atoms with Gasteiger partial charge in [0.2, 0.25) is 0 Å². The first kappa shape index (κ1) is 13.6. The molecule has 0 spiro atoms. The second-order valence-corrected chi connectivity index (χ2v) is 4.53. The van der Waals surface area contributed by atoms with Gasteiger partial charge in [0.15, 0.2) is 11.5 Å². The molecule has 1 atom stereocenters. The Hall–Kier alpha value is -1.82. The number of rotatable bonds is 5. The number of nitrogens with zero attached hydrogens (tertiary/aromatic N) is 1. The summed E-state index contributed by atoms with van der Waals surface area (Å²) < 4.78 is 10.7. The van der Waals surface area contributed by atoms with E-state index in [0.29, 0.717) is 36.7 Å². The molecule has 1 aliphatic rings. The van der Waals surface area contributed by atoms with Crippen molar-refractivity contribution in [2.45, 2.75) is 32.3 Å². The van der Waals surface area contributed by atoms with Gasteiger partial charge in [-0.25, -0.2) is 0 Å². The molecule has 6 nitrogen and oxygen atoms in total. The first-order chi connectivity index (χ1) is 9.11. The number of ether oxygens (including phenoxy) is 2. The van der Waals surface area contributed by atoms with E-state index in [1.807, 2.05) is 6.92 Å². The minimum atomic E-state index is -0.578. The topological polar surface area (TPSA) is 81.8 Å². The molecule has 0 aromatic heterocycles. The number of hydrogen-bond acceptors (Lipinski definition) is 5. The summed E-state index contributed by atoms with van der Waals surface area (Å²) in [4.78, 5) is 10.6. The summed E-state index contributed by atoms with van der Waals surface area (Å²) >= 11 is 0. The molecule has 1 aromatic rings. The van der Waals surface area contributed by atoms with Crippen LogP contribution in [0.2, 0.25) is 0 Å². The van der Waals surface area contributed by atoms with Crippen LogP contribution in [0.15, 0.2) is 12.1 Å². The summed E-state index contributed by atoms with van der Waals surface area (Å²) in [7, 11) is 0. The van der Waals surface area contributed by atoms with E-state index in [9.17, 15) is 15.2 Å². The van der Waals surface area contributed by atoms with E-state index < -0.39 is 11.0 Å². The maximum absolute atomic E-state index is 11.1. The van der Waals surface area contributed by atoms with Gasteiger partial charge in [0, 0.05) is 12.0 Å². The van der Waals surface area contributed by atoms with Crippen LogP contribution < -0.4 is 9.47 Å². The van der Waals surface area contributed by atoms with E-state index in [-0.39, 0.29) is 12.1 Å². The predicted molar refractivity (Wildman–Crippen MR) is 68.7 cm³/mol. The van der Waals surface area contributed by atoms with Crippen LogP contribution in [-0.4, -0.2) is 29.3 Å². The summed E-state index contributed by atoms with van der Waals surface area (Å²) in [5, 5.41) is 20.9. The minimum absolute atomic E-state index is 0.0283. The van der Waals surface area contributed by atoms with Crippen LogP contribution in [0.25, 0.3) is 0 Å². The molecule has 1 heterocycles. The number of aliphatic hydroxyl groups is 1. The summed E-state index contributed by atoms with van der Waals surface area (Å²) in [5.41, 5.74) is 0.453. The van der Waals surface area contributed by atoms with Crippen LogP contribution in [-0.2, 0) is 6.42 Å². The molecule has 1 aliphatic heterocycles. The zero-order valence-corrected chi connectivity index (χ0v) is 10.8. The Balaban J connectivity index is 2.31. The highest BCUT2D eigenvalue weighted by atomic mass is 16.6. The molecule has 19 heavy (non-hydrogen) atoms. The number of fused-ring (bicyclic) bond motifs is 1. The molecular formula is C13H17NO5. The van der Waals surface area contributed by atoms with Gasteiger partial charge in [-0.15, -0.1) is 0 Å². The molecule has 0 saturated heterocycles. The van der Waals surface area contributed by atoms with Gasteiger partial charge >= 0.3 is 0 Å². The van der Waals surface area contributed by atoms with Gasteiger partial charge in [-0.3, -0.25) is 10.1 Å². The maximum Gasteiger partial charge on any atom is 0.276 e. The number of nitro benzene ring substituents is 1. The highest BCUT2D eigenvalue weighted by molar-refractivity contribution is 5.55. The number of hydrogen-bond donors (Lipinski definition) is 1. The molecular weight excluding hydrogens is 250 g/mol. The van der Waals surface area contributed by atoms with Gasteiger partial charge in [0.05, 0.1) is 17.1 Å². The lowest BCUT2D eigenvalue weighted by atomic mass is 10.0. The lowest BCUT2D eigenvalue weighted by Gasteiger charge is -2.19. The van der Waals surface area contributed by atoms with Crippen LogP contribution >= 0.6 is 0 Å². The molecule has 6 heteroatoms. The summed E-state index contributed by atoms with van der Waals surface area (Å²) in [6.45, 7) is 2.78. The van der Waals surface area contributed by atoms with Crippen molar-refractivity contribution in [2.24, 2.45) is 0 Å². The second kappa shape index (κ2) is 5.88.